The summed E-state index contributed by atoms with van der Waals surface area (Å²) in [5, 5.41) is 9.70. The lowest BCUT2D eigenvalue weighted by atomic mass is 10.1. The number of hydrogen-bond acceptors (Lipinski definition) is 3. The Hall–Kier alpha value is -2.12. The Kier molecular flexibility index (Phi) is 7.14. The number of nitrogens with zero attached hydrogens (tertiary/aromatic N) is 1. The smallest absolute Gasteiger partial charge is 0.228 e. The van der Waals surface area contributed by atoms with E-state index in [0.29, 0.717) is 5.69 Å². The number of thiocarbonyl (C=S) groups is 1. The molecule has 0 unspecified atom stereocenters. The number of nitrogens with one attached hydrogen (secondary N) is 3. The van der Waals surface area contributed by atoms with Crippen LogP contribution in [0.2, 0.25) is 0 Å². The lowest BCUT2D eigenvalue weighted by Gasteiger charge is -2.28. The number of benzene rings is 2. The van der Waals surface area contributed by atoms with Gasteiger partial charge in [-0.2, -0.15) is 0 Å². The molecule has 3 rings (SSSR count). The molecule has 3 N–H and O–H groups in total. The predicted octanol–water partition coefficient (Wildman–Crippen LogP) is 4.58. The van der Waals surface area contributed by atoms with Crippen LogP contribution in [-0.4, -0.2) is 26.0 Å². The highest BCUT2D eigenvalue weighted by molar-refractivity contribution is 7.80. The standard InChI is InChI=1S/C20H17Cl3N4OS/c21-20(22,23)18(26-16(28)12-13-6-2-1-3-7-13)27-19(29)25-15-10-4-8-14-9-5-11-24-17(14)15/h1-11,18H,12H2,(H,26,28)(H2,25,27,29)/t18-/m1/s1. The van der Waals surface area contributed by atoms with Crippen molar-refractivity contribution in [3.63, 3.8) is 0 Å². The molecule has 1 amide bonds. The van der Waals surface area contributed by atoms with Gasteiger partial charge in [-0.1, -0.05) is 83.3 Å². The number of rotatable bonds is 5. The van der Waals surface area contributed by atoms with Gasteiger partial charge in [-0.05, 0) is 29.9 Å². The van der Waals surface area contributed by atoms with Crippen molar-refractivity contribution in [3.05, 3.63) is 72.4 Å². The zero-order chi connectivity index (χ0) is 20.9. The van der Waals surface area contributed by atoms with Gasteiger partial charge in [-0.15, -0.1) is 0 Å². The van der Waals surface area contributed by atoms with E-state index in [-0.39, 0.29) is 17.4 Å². The highest BCUT2D eigenvalue weighted by Gasteiger charge is 2.34. The molecule has 3 aromatic rings. The summed E-state index contributed by atoms with van der Waals surface area (Å²) in [4.78, 5) is 16.7. The minimum absolute atomic E-state index is 0.146. The number of aromatic nitrogens is 1. The Balaban J connectivity index is 1.68. The summed E-state index contributed by atoms with van der Waals surface area (Å²) in [6, 6.07) is 18.7. The highest BCUT2D eigenvalue weighted by Crippen LogP contribution is 2.29. The maximum Gasteiger partial charge on any atom is 0.228 e. The zero-order valence-corrected chi connectivity index (χ0v) is 18.1. The molecular weight excluding hydrogens is 451 g/mol. The van der Waals surface area contributed by atoms with Gasteiger partial charge >= 0.3 is 0 Å². The van der Waals surface area contributed by atoms with Gasteiger partial charge in [0.2, 0.25) is 9.70 Å². The molecule has 0 saturated carbocycles. The average molecular weight is 468 g/mol. The van der Waals surface area contributed by atoms with Crippen LogP contribution < -0.4 is 16.0 Å². The first kappa shape index (κ1) is 21.6. The van der Waals surface area contributed by atoms with Crippen LogP contribution in [0.3, 0.4) is 0 Å². The normalized spacial score (nSPS) is 12.2. The van der Waals surface area contributed by atoms with Crippen LogP contribution in [0.1, 0.15) is 5.56 Å². The molecule has 0 aliphatic heterocycles. The number of carbonyl (C=O) groups is 1. The molecule has 2 aromatic carbocycles. The third-order valence-corrected chi connectivity index (χ3v) is 4.87. The second kappa shape index (κ2) is 9.59. The number of fused-ring (bicyclic) bond motifs is 1. The van der Waals surface area contributed by atoms with Crippen molar-refractivity contribution in [1.29, 1.82) is 0 Å². The van der Waals surface area contributed by atoms with Crippen LogP contribution in [0, 0.1) is 0 Å². The van der Waals surface area contributed by atoms with Crippen LogP contribution in [0.5, 0.6) is 0 Å². The van der Waals surface area contributed by atoms with E-state index in [4.69, 9.17) is 47.0 Å². The Morgan fingerprint density at radius 2 is 1.72 bits per heavy atom. The molecule has 0 radical (unpaired) electrons. The maximum absolute atomic E-state index is 12.4. The van der Waals surface area contributed by atoms with Crippen molar-refractivity contribution in [2.45, 2.75) is 16.4 Å². The molecular formula is C20H17Cl3N4OS. The van der Waals surface area contributed by atoms with E-state index in [2.05, 4.69) is 20.9 Å². The zero-order valence-electron chi connectivity index (χ0n) is 15.0. The fourth-order valence-corrected chi connectivity index (χ4v) is 3.24. The Bertz CT molecular complexity index is 1010. The third kappa shape index (κ3) is 6.18. The molecule has 0 saturated heterocycles. The first-order chi connectivity index (χ1) is 13.8. The van der Waals surface area contributed by atoms with Crippen molar-refractivity contribution in [2.24, 2.45) is 0 Å². The second-order valence-electron chi connectivity index (χ2n) is 6.18. The first-order valence-corrected chi connectivity index (χ1v) is 10.2. The fraction of sp³-hybridized carbons (Fsp3) is 0.150. The van der Waals surface area contributed by atoms with Gasteiger partial charge < -0.3 is 16.0 Å². The van der Waals surface area contributed by atoms with Gasteiger partial charge in [-0.25, -0.2) is 0 Å². The van der Waals surface area contributed by atoms with Crippen molar-refractivity contribution in [2.75, 3.05) is 5.32 Å². The first-order valence-electron chi connectivity index (χ1n) is 8.64. The summed E-state index contributed by atoms with van der Waals surface area (Å²) in [7, 11) is 0. The van der Waals surface area contributed by atoms with Crippen LogP contribution >= 0.6 is 47.0 Å². The van der Waals surface area contributed by atoms with Crippen molar-refractivity contribution >= 4 is 74.6 Å². The molecule has 0 bridgehead atoms. The Labute approximate surface area is 188 Å². The van der Waals surface area contributed by atoms with Crippen LogP contribution in [-0.2, 0) is 11.2 Å². The SMILES string of the molecule is O=C(Cc1ccccc1)N[C@H](NC(=S)Nc1cccc2cccnc12)C(Cl)(Cl)Cl. The minimum Gasteiger partial charge on any atom is -0.339 e. The Morgan fingerprint density at radius 1 is 1.00 bits per heavy atom. The van der Waals surface area contributed by atoms with Gasteiger partial charge in [0.1, 0.15) is 6.17 Å². The van der Waals surface area contributed by atoms with Gasteiger partial charge in [-0.3, -0.25) is 9.78 Å². The number of hydrogen-bond donors (Lipinski definition) is 3. The molecule has 0 fully saturated rings. The number of alkyl halides is 3. The third-order valence-electron chi connectivity index (χ3n) is 4.00. The molecule has 29 heavy (non-hydrogen) atoms. The average Bonchev–Trinajstić information content (AvgIpc) is 2.68. The summed E-state index contributed by atoms with van der Waals surface area (Å²) in [6.45, 7) is 0. The van der Waals surface area contributed by atoms with E-state index >= 15 is 0 Å². The number of anilines is 1. The van der Waals surface area contributed by atoms with E-state index in [9.17, 15) is 4.79 Å². The second-order valence-corrected chi connectivity index (χ2v) is 8.96. The number of amides is 1. The lowest BCUT2D eigenvalue weighted by Crippen LogP contribution is -2.56. The van der Waals surface area contributed by atoms with Crippen molar-refractivity contribution < 1.29 is 4.79 Å². The maximum atomic E-state index is 12.4. The van der Waals surface area contributed by atoms with Gasteiger partial charge in [0.15, 0.2) is 5.11 Å². The van der Waals surface area contributed by atoms with E-state index in [1.165, 1.54) is 0 Å². The molecule has 1 atom stereocenters. The van der Waals surface area contributed by atoms with Crippen LogP contribution in [0.4, 0.5) is 5.69 Å². The summed E-state index contributed by atoms with van der Waals surface area (Å²) < 4.78 is -1.82. The number of para-hydroxylation sites is 1. The molecule has 1 aromatic heterocycles. The van der Waals surface area contributed by atoms with Crippen LogP contribution in [0.15, 0.2) is 66.9 Å². The number of carbonyl (C=O) groups excluding carboxylic acids is 1. The van der Waals surface area contributed by atoms with Crippen molar-refractivity contribution in [3.8, 4) is 0 Å². The van der Waals surface area contributed by atoms with E-state index in [1.54, 1.807) is 6.20 Å². The fourth-order valence-electron chi connectivity index (χ4n) is 2.69. The largest absolute Gasteiger partial charge is 0.339 e. The number of halogens is 3. The molecule has 0 aliphatic carbocycles. The number of pyridine rings is 1. The summed E-state index contributed by atoms with van der Waals surface area (Å²) >= 11 is 23.5. The van der Waals surface area contributed by atoms with E-state index in [1.807, 2.05) is 60.7 Å². The molecule has 150 valence electrons. The molecule has 9 heteroatoms. The van der Waals surface area contributed by atoms with Gasteiger partial charge in [0.25, 0.3) is 0 Å². The predicted molar refractivity (Wildman–Crippen MR) is 123 cm³/mol. The lowest BCUT2D eigenvalue weighted by molar-refractivity contribution is -0.121. The van der Waals surface area contributed by atoms with Crippen LogP contribution in [0.25, 0.3) is 10.9 Å². The summed E-state index contributed by atoms with van der Waals surface area (Å²) in [5.41, 5.74) is 2.28. The quantitative estimate of drug-likeness (QED) is 0.291. The van der Waals surface area contributed by atoms with Crippen molar-refractivity contribution in [1.82, 2.24) is 15.6 Å². The van der Waals surface area contributed by atoms with E-state index in [0.717, 1.165) is 16.5 Å². The molecule has 0 spiro atoms. The minimum atomic E-state index is -1.82. The molecule has 5 nitrogen and oxygen atoms in total. The molecule has 1 heterocycles. The van der Waals surface area contributed by atoms with Gasteiger partial charge in [0.05, 0.1) is 17.6 Å². The van der Waals surface area contributed by atoms with E-state index < -0.39 is 9.96 Å². The monoisotopic (exact) mass is 466 g/mol. The Morgan fingerprint density at radius 3 is 2.45 bits per heavy atom. The summed E-state index contributed by atoms with van der Waals surface area (Å²) in [6.07, 6.45) is 0.803. The summed E-state index contributed by atoms with van der Waals surface area (Å²) in [5.74, 6) is -0.311. The van der Waals surface area contributed by atoms with Gasteiger partial charge in [0, 0.05) is 11.6 Å². The highest BCUT2D eigenvalue weighted by atomic mass is 35.6. The molecule has 0 aliphatic rings. The topological polar surface area (TPSA) is 66.1 Å².